The molecular formula is C18H14FN3O3S. The summed E-state index contributed by atoms with van der Waals surface area (Å²) < 4.78 is 18.4. The number of amides is 2. The largest absolute Gasteiger partial charge is 0.453 e. The second-order valence-electron chi connectivity index (χ2n) is 5.11. The van der Waals surface area contributed by atoms with Gasteiger partial charge in [0.25, 0.3) is 5.91 Å². The summed E-state index contributed by atoms with van der Waals surface area (Å²) in [5.41, 5.74) is 1.12. The number of carbonyl (C=O) groups excluding carboxylic acids is 2. The van der Waals surface area contributed by atoms with Gasteiger partial charge in [-0.05, 0) is 12.1 Å². The predicted molar refractivity (Wildman–Crippen MR) is 97.9 cm³/mol. The second kappa shape index (κ2) is 7.75. The maximum absolute atomic E-state index is 13.8. The number of nitrogens with one attached hydrogen (secondary N) is 2. The number of hydrogen-bond acceptors (Lipinski definition) is 5. The van der Waals surface area contributed by atoms with Crippen LogP contribution in [0.1, 0.15) is 10.4 Å². The maximum Gasteiger partial charge on any atom is 0.413 e. The zero-order chi connectivity index (χ0) is 18.5. The van der Waals surface area contributed by atoms with E-state index in [9.17, 15) is 14.0 Å². The Kier molecular flexibility index (Phi) is 5.23. The Morgan fingerprint density at radius 1 is 1.04 bits per heavy atom. The molecule has 0 unspecified atom stereocenters. The highest BCUT2D eigenvalue weighted by molar-refractivity contribution is 7.20. The molecule has 8 heteroatoms. The average molecular weight is 371 g/mol. The molecule has 0 bridgehead atoms. The van der Waals surface area contributed by atoms with Gasteiger partial charge < -0.3 is 10.1 Å². The Hall–Kier alpha value is -3.26. The number of aromatic nitrogens is 1. The summed E-state index contributed by atoms with van der Waals surface area (Å²) in [6.45, 7) is 0. The number of thiazole rings is 1. The highest BCUT2D eigenvalue weighted by atomic mass is 32.1. The summed E-state index contributed by atoms with van der Waals surface area (Å²) in [5.74, 6) is -1.22. The molecule has 0 radical (unpaired) electrons. The third-order valence-electron chi connectivity index (χ3n) is 3.41. The van der Waals surface area contributed by atoms with Gasteiger partial charge in [0.05, 0.1) is 12.7 Å². The molecule has 2 amide bonds. The van der Waals surface area contributed by atoms with E-state index >= 15 is 0 Å². The van der Waals surface area contributed by atoms with Crippen LogP contribution >= 0.6 is 11.3 Å². The van der Waals surface area contributed by atoms with Crippen LogP contribution in [0.15, 0.2) is 54.6 Å². The monoisotopic (exact) mass is 371 g/mol. The van der Waals surface area contributed by atoms with E-state index in [0.717, 1.165) is 16.9 Å². The van der Waals surface area contributed by atoms with Crippen LogP contribution in [0.2, 0.25) is 0 Å². The van der Waals surface area contributed by atoms with Crippen LogP contribution in [0.4, 0.5) is 19.3 Å². The van der Waals surface area contributed by atoms with E-state index in [0.29, 0.717) is 10.7 Å². The molecule has 0 fully saturated rings. The SMILES string of the molecule is COC(=O)Nc1nc(-c2ccccc2)c(NC(=O)c2ccccc2F)s1. The lowest BCUT2D eigenvalue weighted by Gasteiger charge is -2.06. The number of ether oxygens (including phenoxy) is 1. The van der Waals surface area contributed by atoms with Crippen molar-refractivity contribution in [2.75, 3.05) is 17.7 Å². The number of methoxy groups -OCH3 is 1. The summed E-state index contributed by atoms with van der Waals surface area (Å²) in [7, 11) is 1.24. The molecule has 26 heavy (non-hydrogen) atoms. The van der Waals surface area contributed by atoms with Crippen molar-refractivity contribution in [3.05, 3.63) is 66.0 Å². The van der Waals surface area contributed by atoms with Gasteiger partial charge in [-0.2, -0.15) is 0 Å². The summed E-state index contributed by atoms with van der Waals surface area (Å²) in [5, 5.41) is 5.76. The molecule has 1 heterocycles. The molecule has 2 N–H and O–H groups in total. The molecule has 0 aliphatic carbocycles. The fourth-order valence-electron chi connectivity index (χ4n) is 2.20. The van der Waals surface area contributed by atoms with E-state index in [4.69, 9.17) is 0 Å². The van der Waals surface area contributed by atoms with E-state index in [1.54, 1.807) is 6.07 Å². The van der Waals surface area contributed by atoms with Crippen molar-refractivity contribution in [2.24, 2.45) is 0 Å². The predicted octanol–water partition coefficient (Wildman–Crippen LogP) is 4.38. The highest BCUT2D eigenvalue weighted by Gasteiger charge is 2.19. The van der Waals surface area contributed by atoms with Crippen molar-refractivity contribution in [1.29, 1.82) is 0 Å². The number of benzene rings is 2. The first-order chi connectivity index (χ1) is 12.6. The van der Waals surface area contributed by atoms with Crippen molar-refractivity contribution in [2.45, 2.75) is 0 Å². The first-order valence-electron chi connectivity index (χ1n) is 7.55. The Morgan fingerprint density at radius 2 is 1.73 bits per heavy atom. The van der Waals surface area contributed by atoms with Crippen molar-refractivity contribution in [3.63, 3.8) is 0 Å². The number of halogens is 1. The summed E-state index contributed by atoms with van der Waals surface area (Å²) >= 11 is 1.05. The Morgan fingerprint density at radius 3 is 2.42 bits per heavy atom. The van der Waals surface area contributed by atoms with E-state index < -0.39 is 17.8 Å². The van der Waals surface area contributed by atoms with Gasteiger partial charge in [-0.25, -0.2) is 14.2 Å². The number of carbonyl (C=O) groups is 2. The van der Waals surface area contributed by atoms with Crippen LogP contribution in [0, 0.1) is 5.82 Å². The summed E-state index contributed by atoms with van der Waals surface area (Å²) in [6, 6.07) is 14.8. The van der Waals surface area contributed by atoms with Gasteiger partial charge in [0, 0.05) is 5.56 Å². The van der Waals surface area contributed by atoms with Gasteiger partial charge in [-0.1, -0.05) is 53.8 Å². The Labute approximate surface area is 152 Å². The van der Waals surface area contributed by atoms with Crippen molar-refractivity contribution in [3.8, 4) is 11.3 Å². The lowest BCUT2D eigenvalue weighted by molar-refractivity contribution is 0.102. The first kappa shape index (κ1) is 17.6. The second-order valence-corrected chi connectivity index (χ2v) is 6.11. The van der Waals surface area contributed by atoms with Crippen LogP contribution in [-0.2, 0) is 4.74 Å². The summed E-state index contributed by atoms with van der Waals surface area (Å²) in [4.78, 5) is 28.2. The lowest BCUT2D eigenvalue weighted by Crippen LogP contribution is -2.13. The van der Waals surface area contributed by atoms with Gasteiger partial charge in [-0.3, -0.25) is 10.1 Å². The number of anilines is 2. The summed E-state index contributed by atoms with van der Waals surface area (Å²) in [6.07, 6.45) is -0.676. The van der Waals surface area contributed by atoms with Crippen molar-refractivity contribution < 1.29 is 18.7 Å². The molecule has 6 nitrogen and oxygen atoms in total. The molecular weight excluding hydrogens is 357 g/mol. The molecule has 0 saturated heterocycles. The molecule has 0 saturated carbocycles. The van der Waals surface area contributed by atoms with Crippen LogP contribution in [-0.4, -0.2) is 24.1 Å². The zero-order valence-electron chi connectivity index (χ0n) is 13.7. The van der Waals surface area contributed by atoms with Crippen molar-refractivity contribution >= 4 is 33.5 Å². The molecule has 0 spiro atoms. The fraction of sp³-hybridized carbons (Fsp3) is 0.0556. The third-order valence-corrected chi connectivity index (χ3v) is 4.30. The van der Waals surface area contributed by atoms with E-state index in [-0.39, 0.29) is 10.7 Å². The molecule has 3 rings (SSSR count). The number of rotatable bonds is 4. The van der Waals surface area contributed by atoms with Crippen molar-refractivity contribution in [1.82, 2.24) is 4.98 Å². The molecule has 1 aromatic heterocycles. The molecule has 2 aromatic carbocycles. The average Bonchev–Trinajstić information content (AvgIpc) is 3.04. The van der Waals surface area contributed by atoms with Gasteiger partial charge in [0.1, 0.15) is 16.5 Å². The van der Waals surface area contributed by atoms with Gasteiger partial charge in [0.15, 0.2) is 5.13 Å². The van der Waals surface area contributed by atoms with E-state index in [2.05, 4.69) is 20.4 Å². The molecule has 132 valence electrons. The van der Waals surface area contributed by atoms with Gasteiger partial charge >= 0.3 is 6.09 Å². The lowest BCUT2D eigenvalue weighted by atomic mass is 10.1. The minimum absolute atomic E-state index is 0.0811. The number of hydrogen-bond donors (Lipinski definition) is 2. The molecule has 3 aromatic rings. The Balaban J connectivity index is 1.95. The highest BCUT2D eigenvalue weighted by Crippen LogP contribution is 2.36. The van der Waals surface area contributed by atoms with Crippen LogP contribution in [0.3, 0.4) is 0 Å². The van der Waals surface area contributed by atoms with Crippen LogP contribution < -0.4 is 10.6 Å². The minimum atomic E-state index is -0.676. The van der Waals surface area contributed by atoms with E-state index in [1.807, 2.05) is 30.3 Å². The van der Waals surface area contributed by atoms with Gasteiger partial charge in [-0.15, -0.1) is 0 Å². The fourth-order valence-corrected chi connectivity index (χ4v) is 3.07. The van der Waals surface area contributed by atoms with Crippen LogP contribution in [0.25, 0.3) is 11.3 Å². The molecule has 0 aliphatic heterocycles. The minimum Gasteiger partial charge on any atom is -0.453 e. The van der Waals surface area contributed by atoms with Gasteiger partial charge in [0.2, 0.25) is 0 Å². The normalized spacial score (nSPS) is 10.2. The van der Waals surface area contributed by atoms with E-state index in [1.165, 1.54) is 25.3 Å². The zero-order valence-corrected chi connectivity index (χ0v) is 14.5. The topological polar surface area (TPSA) is 80.3 Å². The van der Waals surface area contributed by atoms with Crippen LogP contribution in [0.5, 0.6) is 0 Å². The molecule has 0 aliphatic rings. The first-order valence-corrected chi connectivity index (χ1v) is 8.37. The number of nitrogens with zero attached hydrogens (tertiary/aromatic N) is 1. The smallest absolute Gasteiger partial charge is 0.413 e. The third kappa shape index (κ3) is 3.86. The maximum atomic E-state index is 13.8. The molecule has 0 atom stereocenters. The Bertz CT molecular complexity index is 944. The standard InChI is InChI=1S/C18H14FN3O3S/c1-25-18(24)22-17-20-14(11-7-3-2-4-8-11)16(26-17)21-15(23)12-9-5-6-10-13(12)19/h2-10H,1H3,(H,21,23)(H,20,22,24). The quantitative estimate of drug-likeness (QED) is 0.713.